The second kappa shape index (κ2) is 6.87. The molecule has 0 saturated carbocycles. The number of aromatic nitrogens is 1. The Balaban J connectivity index is 1.62. The predicted octanol–water partition coefficient (Wildman–Crippen LogP) is 3.61. The van der Waals surface area contributed by atoms with Gasteiger partial charge in [-0.3, -0.25) is 9.59 Å². The Morgan fingerprint density at radius 1 is 1.15 bits per heavy atom. The van der Waals surface area contributed by atoms with Crippen LogP contribution in [0.5, 0.6) is 0 Å². The van der Waals surface area contributed by atoms with Crippen LogP contribution < -0.4 is 5.32 Å². The van der Waals surface area contributed by atoms with Gasteiger partial charge in [0.15, 0.2) is 0 Å². The Morgan fingerprint density at radius 2 is 1.89 bits per heavy atom. The minimum Gasteiger partial charge on any atom is -0.480 e. The minimum absolute atomic E-state index is 0.0811. The average Bonchev–Trinajstić information content (AvgIpc) is 2.97. The number of halogens is 1. The van der Waals surface area contributed by atoms with Crippen molar-refractivity contribution in [2.24, 2.45) is 5.92 Å². The number of carbonyl (C=O) groups excluding carboxylic acids is 1. The largest absolute Gasteiger partial charge is 0.480 e. The summed E-state index contributed by atoms with van der Waals surface area (Å²) >= 11 is 0. The van der Waals surface area contributed by atoms with Crippen molar-refractivity contribution in [3.8, 4) is 0 Å². The number of hydrogen-bond acceptors (Lipinski definition) is 2. The smallest absolute Gasteiger partial charge is 0.323 e. The van der Waals surface area contributed by atoms with E-state index in [1.54, 1.807) is 12.1 Å². The molecule has 0 aliphatic heterocycles. The van der Waals surface area contributed by atoms with E-state index in [1.165, 1.54) is 12.1 Å². The first kappa shape index (κ1) is 17.3. The van der Waals surface area contributed by atoms with Crippen LogP contribution in [0.15, 0.2) is 48.5 Å². The van der Waals surface area contributed by atoms with Crippen LogP contribution in [-0.4, -0.2) is 21.6 Å². The van der Waals surface area contributed by atoms with Gasteiger partial charge >= 0.3 is 5.97 Å². The van der Waals surface area contributed by atoms with Gasteiger partial charge in [0, 0.05) is 28.2 Å². The molecule has 2 aromatic carbocycles. The lowest BCUT2D eigenvalue weighted by molar-refractivity contribution is -0.137. The summed E-state index contributed by atoms with van der Waals surface area (Å²) < 4.78 is 14.9. The van der Waals surface area contributed by atoms with Gasteiger partial charge in [0.25, 0.3) is 0 Å². The van der Waals surface area contributed by atoms with Crippen LogP contribution in [0, 0.1) is 11.7 Å². The van der Waals surface area contributed by atoms with E-state index >= 15 is 0 Å². The summed E-state index contributed by atoms with van der Waals surface area (Å²) in [5.74, 6) is -1.52. The Kier molecular flexibility index (Phi) is 4.39. The van der Waals surface area contributed by atoms with E-state index in [0.29, 0.717) is 24.9 Å². The molecule has 2 N–H and O–H groups in total. The van der Waals surface area contributed by atoms with Crippen molar-refractivity contribution in [2.45, 2.75) is 25.8 Å². The molecule has 1 amide bonds. The molecule has 1 aliphatic carbocycles. The molecule has 1 aromatic heterocycles. The van der Waals surface area contributed by atoms with Crippen LogP contribution in [0.25, 0.3) is 10.9 Å². The number of anilines is 1. The number of rotatable bonds is 4. The van der Waals surface area contributed by atoms with Gasteiger partial charge < -0.3 is 15.0 Å². The monoisotopic (exact) mass is 366 g/mol. The van der Waals surface area contributed by atoms with Gasteiger partial charge in [-0.1, -0.05) is 18.2 Å². The SMILES string of the molecule is O=C(O)Cn1c2c(c3ccccc31)CC(C(=O)Nc1ccc(F)cc1)CC2. The number of nitrogens with one attached hydrogen (secondary N) is 1. The van der Waals surface area contributed by atoms with Crippen LogP contribution in [0.4, 0.5) is 10.1 Å². The second-order valence-electron chi connectivity index (χ2n) is 6.86. The molecule has 3 aromatic rings. The van der Waals surface area contributed by atoms with Crippen LogP contribution in [-0.2, 0) is 29.0 Å². The highest BCUT2D eigenvalue weighted by Crippen LogP contribution is 2.34. The Hall–Kier alpha value is -3.15. The molecule has 6 heteroatoms. The minimum atomic E-state index is -0.880. The summed E-state index contributed by atoms with van der Waals surface area (Å²) in [5.41, 5.74) is 3.52. The lowest BCUT2D eigenvalue weighted by atomic mass is 9.85. The number of para-hydroxylation sites is 1. The predicted molar refractivity (Wildman–Crippen MR) is 100 cm³/mol. The van der Waals surface area contributed by atoms with E-state index in [-0.39, 0.29) is 24.2 Å². The lowest BCUT2D eigenvalue weighted by Crippen LogP contribution is -2.28. The van der Waals surface area contributed by atoms with Crippen molar-refractivity contribution < 1.29 is 19.1 Å². The van der Waals surface area contributed by atoms with Gasteiger partial charge in [-0.25, -0.2) is 4.39 Å². The number of amides is 1. The average molecular weight is 366 g/mol. The van der Waals surface area contributed by atoms with E-state index < -0.39 is 5.97 Å². The molecule has 138 valence electrons. The van der Waals surface area contributed by atoms with Crippen LogP contribution in [0.1, 0.15) is 17.7 Å². The van der Waals surface area contributed by atoms with E-state index in [9.17, 15) is 19.1 Å². The summed E-state index contributed by atoms with van der Waals surface area (Å²) in [6.07, 6.45) is 1.87. The molecule has 1 unspecified atom stereocenters. The molecule has 1 heterocycles. The molecule has 27 heavy (non-hydrogen) atoms. The Bertz CT molecular complexity index is 1020. The summed E-state index contributed by atoms with van der Waals surface area (Å²) in [7, 11) is 0. The zero-order valence-electron chi connectivity index (χ0n) is 14.6. The first-order chi connectivity index (χ1) is 13.0. The summed E-state index contributed by atoms with van der Waals surface area (Å²) in [6, 6.07) is 13.4. The maximum Gasteiger partial charge on any atom is 0.323 e. The molecule has 4 rings (SSSR count). The van der Waals surface area contributed by atoms with Crippen LogP contribution >= 0.6 is 0 Å². The third-order valence-corrected chi connectivity index (χ3v) is 5.15. The molecule has 1 atom stereocenters. The topological polar surface area (TPSA) is 71.3 Å². The Labute approximate surface area is 155 Å². The highest BCUT2D eigenvalue weighted by molar-refractivity contribution is 5.94. The van der Waals surface area contributed by atoms with Crippen molar-refractivity contribution in [3.05, 3.63) is 65.6 Å². The second-order valence-corrected chi connectivity index (χ2v) is 6.86. The number of aliphatic carboxylic acids is 1. The van der Waals surface area contributed by atoms with Gasteiger partial charge in [-0.15, -0.1) is 0 Å². The highest BCUT2D eigenvalue weighted by atomic mass is 19.1. The van der Waals surface area contributed by atoms with Crippen molar-refractivity contribution >= 4 is 28.5 Å². The van der Waals surface area contributed by atoms with Gasteiger partial charge in [0.2, 0.25) is 5.91 Å². The number of carbonyl (C=O) groups is 2. The van der Waals surface area contributed by atoms with Gasteiger partial charge in [-0.05, 0) is 55.2 Å². The number of hydrogen-bond donors (Lipinski definition) is 2. The van der Waals surface area contributed by atoms with Crippen molar-refractivity contribution in [2.75, 3.05) is 5.32 Å². The molecule has 5 nitrogen and oxygen atoms in total. The first-order valence-electron chi connectivity index (χ1n) is 8.90. The Morgan fingerprint density at radius 3 is 2.63 bits per heavy atom. The zero-order valence-corrected chi connectivity index (χ0v) is 14.6. The molecular formula is C21H19FN2O3. The standard InChI is InChI=1S/C21H19FN2O3/c22-14-6-8-15(9-7-14)23-21(27)13-5-10-19-17(11-13)16-3-1-2-4-18(16)24(19)12-20(25)26/h1-4,6-9,13H,5,10-12H2,(H,23,27)(H,25,26). The molecule has 0 fully saturated rings. The van der Waals surface area contributed by atoms with E-state index in [4.69, 9.17) is 0 Å². The first-order valence-corrected chi connectivity index (χ1v) is 8.90. The molecule has 0 bridgehead atoms. The molecule has 0 spiro atoms. The molecular weight excluding hydrogens is 347 g/mol. The summed E-state index contributed by atoms with van der Waals surface area (Å²) in [5, 5.41) is 13.1. The van der Waals surface area contributed by atoms with Gasteiger partial charge in [0.1, 0.15) is 12.4 Å². The zero-order chi connectivity index (χ0) is 19.0. The third-order valence-electron chi connectivity index (χ3n) is 5.15. The third kappa shape index (κ3) is 3.30. The maximum absolute atomic E-state index is 13.0. The van der Waals surface area contributed by atoms with Crippen LogP contribution in [0.2, 0.25) is 0 Å². The van der Waals surface area contributed by atoms with Crippen molar-refractivity contribution in [1.82, 2.24) is 4.57 Å². The van der Waals surface area contributed by atoms with Gasteiger partial charge in [-0.2, -0.15) is 0 Å². The summed E-state index contributed by atoms with van der Waals surface area (Å²) in [4.78, 5) is 24.0. The van der Waals surface area contributed by atoms with Crippen molar-refractivity contribution in [3.63, 3.8) is 0 Å². The van der Waals surface area contributed by atoms with E-state index in [2.05, 4.69) is 5.32 Å². The fourth-order valence-electron chi connectivity index (χ4n) is 3.92. The van der Waals surface area contributed by atoms with Crippen LogP contribution in [0.3, 0.4) is 0 Å². The highest BCUT2D eigenvalue weighted by Gasteiger charge is 2.29. The quantitative estimate of drug-likeness (QED) is 0.741. The molecule has 0 saturated heterocycles. The number of carboxylic acid groups (broad SMARTS) is 1. The maximum atomic E-state index is 13.0. The fourth-order valence-corrected chi connectivity index (χ4v) is 3.92. The molecule has 1 aliphatic rings. The number of benzene rings is 2. The summed E-state index contributed by atoms with van der Waals surface area (Å²) in [6.45, 7) is -0.0811. The lowest BCUT2D eigenvalue weighted by Gasteiger charge is -2.23. The number of fused-ring (bicyclic) bond motifs is 3. The van der Waals surface area contributed by atoms with E-state index in [0.717, 1.165) is 22.2 Å². The number of nitrogens with zero attached hydrogens (tertiary/aromatic N) is 1. The van der Waals surface area contributed by atoms with Gasteiger partial charge in [0.05, 0.1) is 0 Å². The van der Waals surface area contributed by atoms with Crippen molar-refractivity contribution in [1.29, 1.82) is 0 Å². The van der Waals surface area contributed by atoms with E-state index in [1.807, 2.05) is 28.8 Å². The molecule has 0 radical (unpaired) electrons. The fraction of sp³-hybridized carbons (Fsp3) is 0.238. The number of carboxylic acids is 1. The normalized spacial score (nSPS) is 16.1.